The molecule has 0 bridgehead atoms. The first-order valence-corrected chi connectivity index (χ1v) is 6.18. The molecule has 0 unspecified atom stereocenters. The Bertz CT molecular complexity index is 876. The number of hydrogen-bond acceptors (Lipinski definition) is 5. The largest absolute Gasteiger partial charge is 0.493 e. The molecule has 0 aliphatic carbocycles. The summed E-state index contributed by atoms with van der Waals surface area (Å²) in [6, 6.07) is 5.33. The highest BCUT2D eigenvalue weighted by atomic mass is 32.1. The molecule has 0 spiro atoms. The predicted octanol–water partition coefficient (Wildman–Crippen LogP) is -0.0423. The molecule has 1 aromatic carbocycles. The maximum Gasteiger partial charge on any atom is 0.307 e. The van der Waals surface area contributed by atoms with Gasteiger partial charge in [0.15, 0.2) is 5.84 Å². The molecule has 0 fully saturated rings. The Morgan fingerprint density at radius 2 is 2.26 bits per heavy atom. The first-order valence-electron chi connectivity index (χ1n) is 5.36. The normalized spacial score (nSPS) is 14.3. The lowest BCUT2D eigenvalue weighted by atomic mass is 10.1. The fraction of sp³-hybridized carbons (Fsp3) is 0. The average molecular weight is 272 g/mol. The fourth-order valence-electron chi connectivity index (χ4n) is 1.75. The molecular weight excluding hydrogens is 264 g/mol. The molecule has 0 atom stereocenters. The zero-order valence-electron chi connectivity index (χ0n) is 9.54. The van der Waals surface area contributed by atoms with E-state index in [0.29, 0.717) is 15.8 Å². The van der Waals surface area contributed by atoms with Crippen molar-refractivity contribution in [1.82, 2.24) is 4.98 Å². The molecule has 0 radical (unpaired) electrons. The summed E-state index contributed by atoms with van der Waals surface area (Å²) in [5.41, 5.74) is 0.624. The zero-order chi connectivity index (χ0) is 13.4. The number of nitrogens with one attached hydrogen (secondary N) is 2. The highest BCUT2D eigenvalue weighted by Crippen LogP contribution is 2.15. The second kappa shape index (κ2) is 4.29. The molecule has 0 amide bonds. The molecule has 94 valence electrons. The zero-order valence-corrected chi connectivity index (χ0v) is 10.4. The van der Waals surface area contributed by atoms with Crippen LogP contribution in [0.1, 0.15) is 10.4 Å². The molecule has 0 saturated carbocycles. The van der Waals surface area contributed by atoms with Crippen LogP contribution in [0.15, 0.2) is 33.0 Å². The molecule has 3 N–H and O–H groups in total. The van der Waals surface area contributed by atoms with Crippen molar-refractivity contribution in [2.75, 3.05) is 0 Å². The number of hydrogen-bond donors (Lipinski definition) is 3. The van der Waals surface area contributed by atoms with E-state index in [4.69, 9.17) is 5.41 Å². The molecular formula is C12H8N4O2S. The molecule has 1 aliphatic rings. The minimum atomic E-state index is -0.311. The van der Waals surface area contributed by atoms with Gasteiger partial charge in [-0.05, 0) is 23.4 Å². The van der Waals surface area contributed by atoms with Gasteiger partial charge in [-0.3, -0.25) is 15.2 Å². The Hall–Kier alpha value is -2.54. The minimum Gasteiger partial charge on any atom is -0.493 e. The van der Waals surface area contributed by atoms with E-state index in [0.717, 1.165) is 16.6 Å². The van der Waals surface area contributed by atoms with Gasteiger partial charge in [0.2, 0.25) is 5.88 Å². The second-order valence-corrected chi connectivity index (χ2v) is 4.89. The van der Waals surface area contributed by atoms with Crippen molar-refractivity contribution in [3.8, 4) is 5.88 Å². The van der Waals surface area contributed by atoms with Crippen molar-refractivity contribution in [3.05, 3.63) is 48.9 Å². The van der Waals surface area contributed by atoms with E-state index in [1.165, 1.54) is 6.34 Å². The number of amidine groups is 1. The standard InChI is InChI=1S/C12H8N4O2S/c13-10-7-3-6(1-2-8(7)14-5-15-10)4-9-11(17)16-12(18)19-9/h1-5,13,17H,(H,16,18)/b6-4+,13-10?. The van der Waals surface area contributed by atoms with Gasteiger partial charge >= 0.3 is 4.87 Å². The summed E-state index contributed by atoms with van der Waals surface area (Å²) in [6.45, 7) is 0. The number of fused-ring (bicyclic) bond motifs is 1. The molecule has 2 heterocycles. The number of aromatic nitrogens is 1. The Morgan fingerprint density at radius 3 is 3.00 bits per heavy atom. The maximum atomic E-state index is 11.1. The molecule has 3 rings (SSSR count). The van der Waals surface area contributed by atoms with Crippen molar-refractivity contribution in [1.29, 1.82) is 5.41 Å². The van der Waals surface area contributed by atoms with E-state index in [2.05, 4.69) is 15.0 Å². The number of aromatic amines is 1. The molecule has 6 nitrogen and oxygen atoms in total. The molecule has 1 aliphatic heterocycles. The smallest absolute Gasteiger partial charge is 0.307 e. The Kier molecular flexibility index (Phi) is 2.60. The van der Waals surface area contributed by atoms with E-state index in [9.17, 15) is 9.90 Å². The number of H-pyrrole nitrogens is 1. The molecule has 7 heteroatoms. The number of aromatic hydroxyl groups is 1. The van der Waals surface area contributed by atoms with E-state index in [1.807, 2.05) is 0 Å². The number of rotatable bonds is 1. The van der Waals surface area contributed by atoms with Gasteiger partial charge in [0.25, 0.3) is 0 Å². The average Bonchev–Trinajstić information content (AvgIpc) is 2.69. The van der Waals surface area contributed by atoms with Crippen LogP contribution in [0.4, 0.5) is 0 Å². The first-order chi connectivity index (χ1) is 9.13. The van der Waals surface area contributed by atoms with Crippen LogP contribution in [0, 0.1) is 5.41 Å². The van der Waals surface area contributed by atoms with E-state index in [1.54, 1.807) is 24.3 Å². The number of benzene rings is 1. The summed E-state index contributed by atoms with van der Waals surface area (Å²) in [6.07, 6.45) is 3.02. The molecule has 2 aromatic rings. The highest BCUT2D eigenvalue weighted by Gasteiger charge is 2.07. The Labute approximate surface area is 110 Å². The van der Waals surface area contributed by atoms with E-state index >= 15 is 0 Å². The lowest BCUT2D eigenvalue weighted by Gasteiger charge is -2.02. The number of aliphatic imine (C=N–C) groups is 1. The van der Waals surface area contributed by atoms with E-state index in [-0.39, 0.29) is 16.6 Å². The Balaban J connectivity index is 2.19. The van der Waals surface area contributed by atoms with Gasteiger partial charge in [-0.25, -0.2) is 9.98 Å². The SMILES string of the molecule is N=C1N=CN=c2cc/c(=C\c3sc(=O)[nH]c3O)cc21. The summed E-state index contributed by atoms with van der Waals surface area (Å²) >= 11 is 0.924. The van der Waals surface area contributed by atoms with Gasteiger partial charge in [0, 0.05) is 5.56 Å². The van der Waals surface area contributed by atoms with Gasteiger partial charge < -0.3 is 5.11 Å². The van der Waals surface area contributed by atoms with E-state index < -0.39 is 0 Å². The van der Waals surface area contributed by atoms with Gasteiger partial charge in [-0.2, -0.15) is 0 Å². The van der Waals surface area contributed by atoms with Crippen LogP contribution in [0.3, 0.4) is 0 Å². The van der Waals surface area contributed by atoms with Crippen molar-refractivity contribution < 1.29 is 5.11 Å². The minimum absolute atomic E-state index is 0.145. The monoisotopic (exact) mass is 272 g/mol. The van der Waals surface area contributed by atoms with Crippen molar-refractivity contribution in [2.45, 2.75) is 0 Å². The van der Waals surface area contributed by atoms with Gasteiger partial charge in [0.05, 0.1) is 10.2 Å². The Morgan fingerprint density at radius 1 is 1.42 bits per heavy atom. The lowest BCUT2D eigenvalue weighted by Crippen LogP contribution is -2.21. The lowest BCUT2D eigenvalue weighted by molar-refractivity contribution is 0.455. The second-order valence-electron chi connectivity index (χ2n) is 3.87. The summed E-state index contributed by atoms with van der Waals surface area (Å²) in [7, 11) is 0. The predicted molar refractivity (Wildman–Crippen MR) is 72.7 cm³/mol. The summed E-state index contributed by atoms with van der Waals surface area (Å²) in [5, 5.41) is 18.7. The maximum absolute atomic E-state index is 11.1. The fourth-order valence-corrected chi connectivity index (χ4v) is 2.44. The summed E-state index contributed by atoms with van der Waals surface area (Å²) in [4.78, 5) is 21.4. The van der Waals surface area contributed by atoms with Crippen LogP contribution in [0.25, 0.3) is 6.08 Å². The number of nitrogens with zero attached hydrogens (tertiary/aromatic N) is 2. The molecule has 19 heavy (non-hydrogen) atoms. The topological polar surface area (TPSA) is 102 Å². The molecule has 0 saturated heterocycles. The van der Waals surface area contributed by atoms with Crippen LogP contribution in [-0.4, -0.2) is 22.3 Å². The molecule has 1 aromatic heterocycles. The third-order valence-electron chi connectivity index (χ3n) is 2.61. The van der Waals surface area contributed by atoms with Crippen molar-refractivity contribution >= 4 is 29.6 Å². The summed E-state index contributed by atoms with van der Waals surface area (Å²) in [5.74, 6) is -0.00256. The number of thiazole rings is 1. The van der Waals surface area contributed by atoms with Crippen LogP contribution < -0.4 is 15.4 Å². The van der Waals surface area contributed by atoms with Gasteiger partial charge in [0.1, 0.15) is 6.34 Å². The highest BCUT2D eigenvalue weighted by molar-refractivity contribution is 7.10. The van der Waals surface area contributed by atoms with Crippen LogP contribution in [0.2, 0.25) is 0 Å². The van der Waals surface area contributed by atoms with Crippen LogP contribution in [-0.2, 0) is 0 Å². The summed E-state index contributed by atoms with van der Waals surface area (Å²) < 4.78 is 0. The van der Waals surface area contributed by atoms with Gasteiger partial charge in [-0.1, -0.05) is 17.4 Å². The third kappa shape index (κ3) is 2.11. The first kappa shape index (κ1) is 11.5. The van der Waals surface area contributed by atoms with Crippen LogP contribution >= 0.6 is 11.3 Å². The quantitative estimate of drug-likeness (QED) is 0.678. The van der Waals surface area contributed by atoms with Crippen LogP contribution in [0.5, 0.6) is 5.88 Å². The van der Waals surface area contributed by atoms with Crippen molar-refractivity contribution in [3.63, 3.8) is 0 Å². The van der Waals surface area contributed by atoms with Gasteiger partial charge in [-0.15, -0.1) is 0 Å². The third-order valence-corrected chi connectivity index (χ3v) is 3.43. The van der Waals surface area contributed by atoms with Crippen molar-refractivity contribution in [2.24, 2.45) is 9.98 Å².